The minimum Gasteiger partial charge on any atom is -0.464 e. The van der Waals surface area contributed by atoms with Crippen molar-refractivity contribution < 1.29 is 19.4 Å². The normalized spacial score (nSPS) is 33.2. The monoisotopic (exact) mass is 472 g/mol. The minimum absolute atomic E-state index is 0.118. The molecule has 2 heterocycles. The Kier molecular flexibility index (Phi) is 10.1. The Morgan fingerprint density at radius 3 is 2.87 bits per heavy atom. The summed E-state index contributed by atoms with van der Waals surface area (Å²) in [5, 5.41) is 9.64. The van der Waals surface area contributed by atoms with Crippen LogP contribution in [0.15, 0.2) is 11.0 Å². The van der Waals surface area contributed by atoms with Gasteiger partial charge in [-0.25, -0.2) is 4.31 Å². The van der Waals surface area contributed by atoms with Crippen LogP contribution in [0.25, 0.3) is 0 Å². The minimum atomic E-state index is -0.747. The molecule has 6 nitrogen and oxygen atoms in total. The summed E-state index contributed by atoms with van der Waals surface area (Å²) in [6.45, 7) is 3.97. The van der Waals surface area contributed by atoms with Gasteiger partial charge in [-0.2, -0.15) is 12.6 Å². The zero-order valence-electron chi connectivity index (χ0n) is 18.8. The summed E-state index contributed by atoms with van der Waals surface area (Å²) < 4.78 is 13.8. The molecule has 2 fully saturated rings. The summed E-state index contributed by atoms with van der Waals surface area (Å²) in [5.41, 5.74) is 5.90. The smallest absolute Gasteiger partial charge is 0.324 e. The van der Waals surface area contributed by atoms with Gasteiger partial charge in [0.1, 0.15) is 6.04 Å². The van der Waals surface area contributed by atoms with Gasteiger partial charge in [-0.05, 0) is 87.8 Å². The molecule has 3 rings (SSSR count). The van der Waals surface area contributed by atoms with E-state index < -0.39 is 5.72 Å². The highest BCUT2D eigenvalue weighted by Gasteiger charge is 2.43. The number of carbonyl (C=O) groups is 1. The number of hydrogen-bond donors (Lipinski definition) is 3. The van der Waals surface area contributed by atoms with Gasteiger partial charge < -0.3 is 14.6 Å². The second-order valence-corrected chi connectivity index (χ2v) is 10.8. The van der Waals surface area contributed by atoms with Gasteiger partial charge in [-0.1, -0.05) is 13.0 Å². The van der Waals surface area contributed by atoms with E-state index in [4.69, 9.17) is 15.2 Å². The number of nitrogens with two attached hydrogens (primary N) is 1. The van der Waals surface area contributed by atoms with Gasteiger partial charge in [0.2, 0.25) is 0 Å². The number of aliphatic hydroxyl groups is 1. The largest absolute Gasteiger partial charge is 0.464 e. The van der Waals surface area contributed by atoms with E-state index in [1.54, 1.807) is 11.9 Å². The number of hydrogen-bond acceptors (Lipinski definition) is 8. The Labute approximate surface area is 197 Å². The molecule has 31 heavy (non-hydrogen) atoms. The van der Waals surface area contributed by atoms with Crippen molar-refractivity contribution in [2.75, 3.05) is 25.5 Å². The van der Waals surface area contributed by atoms with E-state index in [-0.39, 0.29) is 24.0 Å². The third-order valence-electron chi connectivity index (χ3n) is 6.98. The molecule has 0 aromatic rings. The first kappa shape index (κ1) is 25.4. The lowest BCUT2D eigenvalue weighted by Gasteiger charge is -2.40. The molecule has 0 bridgehead atoms. The average Bonchev–Trinajstić information content (AvgIpc) is 3.25. The van der Waals surface area contributed by atoms with Crippen molar-refractivity contribution in [3.05, 3.63) is 11.0 Å². The second-order valence-electron chi connectivity index (χ2n) is 9.31. The zero-order valence-corrected chi connectivity index (χ0v) is 20.5. The highest BCUT2D eigenvalue weighted by molar-refractivity contribution is 8.01. The summed E-state index contributed by atoms with van der Waals surface area (Å²) in [4.78, 5) is 14.0. The molecule has 3 N–H and O–H groups in total. The zero-order chi connectivity index (χ0) is 22.3. The lowest BCUT2D eigenvalue weighted by molar-refractivity contribution is -0.148. The van der Waals surface area contributed by atoms with Crippen molar-refractivity contribution in [3.63, 3.8) is 0 Å². The van der Waals surface area contributed by atoms with Crippen molar-refractivity contribution in [1.29, 1.82) is 0 Å². The predicted octanol–water partition coefficient (Wildman–Crippen LogP) is 3.89. The molecule has 1 saturated carbocycles. The van der Waals surface area contributed by atoms with Gasteiger partial charge in [0.05, 0.1) is 12.7 Å². The van der Waals surface area contributed by atoms with Gasteiger partial charge in [-0.3, -0.25) is 10.5 Å². The number of aliphatic hydroxyl groups excluding tert-OH is 1. The molecule has 1 aliphatic carbocycles. The van der Waals surface area contributed by atoms with E-state index in [9.17, 15) is 9.90 Å². The Hall–Kier alpha value is -0.250. The predicted molar refractivity (Wildman–Crippen MR) is 129 cm³/mol. The summed E-state index contributed by atoms with van der Waals surface area (Å²) in [6.07, 6.45) is 11.6. The van der Waals surface area contributed by atoms with Crippen LogP contribution in [0, 0.1) is 11.8 Å². The highest BCUT2D eigenvalue weighted by Crippen LogP contribution is 2.43. The van der Waals surface area contributed by atoms with Crippen molar-refractivity contribution in [1.82, 2.24) is 4.31 Å². The molecule has 1 saturated heterocycles. The van der Waals surface area contributed by atoms with Gasteiger partial charge in [-0.15, -0.1) is 0 Å². The van der Waals surface area contributed by atoms with Crippen LogP contribution in [0.3, 0.4) is 0 Å². The number of thiol groups is 1. The number of carbonyl (C=O) groups excluding carboxylic acids is 1. The van der Waals surface area contributed by atoms with E-state index in [2.05, 4.69) is 29.9 Å². The third kappa shape index (κ3) is 6.87. The first-order valence-electron chi connectivity index (χ1n) is 12.0. The van der Waals surface area contributed by atoms with Gasteiger partial charge >= 0.3 is 5.97 Å². The topological polar surface area (TPSA) is 85.0 Å². The molecule has 3 atom stereocenters. The van der Waals surface area contributed by atoms with Crippen LogP contribution in [0.4, 0.5) is 0 Å². The molecule has 3 aliphatic rings. The molecule has 8 heteroatoms. The van der Waals surface area contributed by atoms with Crippen LogP contribution < -0.4 is 5.73 Å². The number of nitrogens with zero attached hydrogens (tertiary/aromatic N) is 1. The van der Waals surface area contributed by atoms with Crippen LogP contribution in [0.5, 0.6) is 0 Å². The first-order valence-corrected chi connectivity index (χ1v) is 13.4. The standard InChI is InChI=1S/C23H40N2O4S2/c1-17-5-2-15-29-23(17,24)21-12-13-25(31-21)20(7-4-16-30)22(27)28-14-3-6-18-8-10-19(26)11-9-18/h12,17-20,26,30H,2-11,13-16,24H2,1H3. The fourth-order valence-corrected chi connectivity index (χ4v) is 6.29. The molecule has 0 aromatic heterocycles. The van der Waals surface area contributed by atoms with Crippen LogP contribution in [0.2, 0.25) is 0 Å². The lowest BCUT2D eigenvalue weighted by atomic mass is 9.85. The molecule has 2 aliphatic heterocycles. The van der Waals surface area contributed by atoms with Crippen molar-refractivity contribution >= 4 is 30.5 Å². The van der Waals surface area contributed by atoms with Crippen LogP contribution in [-0.4, -0.2) is 58.8 Å². The Bertz CT molecular complexity index is 612. The van der Waals surface area contributed by atoms with Crippen LogP contribution in [0.1, 0.15) is 71.1 Å². The van der Waals surface area contributed by atoms with Gasteiger partial charge in [0.25, 0.3) is 0 Å². The molecule has 0 amide bonds. The summed E-state index contributed by atoms with van der Waals surface area (Å²) in [7, 11) is 0. The molecule has 0 aromatic carbocycles. The molecular formula is C23H40N2O4S2. The molecule has 3 unspecified atom stereocenters. The fourth-order valence-electron chi connectivity index (χ4n) is 4.84. The van der Waals surface area contributed by atoms with Crippen molar-refractivity contribution in [3.8, 4) is 0 Å². The number of esters is 1. The molecule has 0 radical (unpaired) electrons. The Morgan fingerprint density at radius 1 is 1.39 bits per heavy atom. The molecular weight excluding hydrogens is 432 g/mol. The fraction of sp³-hybridized carbons (Fsp3) is 0.870. The molecule has 178 valence electrons. The first-order chi connectivity index (χ1) is 14.9. The Balaban J connectivity index is 1.47. The van der Waals surface area contributed by atoms with Crippen LogP contribution >= 0.6 is 24.6 Å². The lowest BCUT2D eigenvalue weighted by Crippen LogP contribution is -2.52. The van der Waals surface area contributed by atoms with Gasteiger partial charge in [0, 0.05) is 24.0 Å². The van der Waals surface area contributed by atoms with Crippen LogP contribution in [-0.2, 0) is 14.3 Å². The van der Waals surface area contributed by atoms with E-state index in [1.807, 2.05) is 0 Å². The van der Waals surface area contributed by atoms with E-state index >= 15 is 0 Å². The second kappa shape index (κ2) is 12.3. The van der Waals surface area contributed by atoms with Gasteiger partial charge in [0.15, 0.2) is 5.72 Å². The summed E-state index contributed by atoms with van der Waals surface area (Å²) in [5.74, 6) is 1.51. The summed E-state index contributed by atoms with van der Waals surface area (Å²) in [6, 6.07) is -0.293. The maximum absolute atomic E-state index is 12.9. The van der Waals surface area contributed by atoms with Crippen molar-refractivity contribution in [2.45, 2.75) is 89.0 Å². The van der Waals surface area contributed by atoms with E-state index in [0.29, 0.717) is 25.7 Å². The maximum Gasteiger partial charge on any atom is 0.324 e. The SMILES string of the molecule is CC1CCCOC1(N)C1=CCN(C(CCCS)C(=O)OCCCC2CCC(O)CC2)S1. The van der Waals surface area contributed by atoms with E-state index in [1.165, 1.54) is 0 Å². The maximum atomic E-state index is 12.9. The number of ether oxygens (including phenoxy) is 2. The van der Waals surface area contributed by atoms with Crippen molar-refractivity contribution in [2.24, 2.45) is 17.6 Å². The summed E-state index contributed by atoms with van der Waals surface area (Å²) >= 11 is 5.90. The Morgan fingerprint density at radius 2 is 2.16 bits per heavy atom. The average molecular weight is 473 g/mol. The quantitative estimate of drug-likeness (QED) is 0.192. The third-order valence-corrected chi connectivity index (χ3v) is 8.62. The highest BCUT2D eigenvalue weighted by atomic mass is 32.2. The van der Waals surface area contributed by atoms with E-state index in [0.717, 1.165) is 74.9 Å². The number of rotatable bonds is 10. The molecule has 0 spiro atoms.